The maximum absolute atomic E-state index is 12.5. The van der Waals surface area contributed by atoms with E-state index in [4.69, 9.17) is 9.47 Å². The second-order valence-corrected chi connectivity index (χ2v) is 5.94. The van der Waals surface area contributed by atoms with Gasteiger partial charge in [-0.3, -0.25) is 14.7 Å². The first-order valence-corrected chi connectivity index (χ1v) is 7.56. The number of hydrogen-bond donors (Lipinski definition) is 3. The fourth-order valence-corrected chi connectivity index (χ4v) is 2.97. The number of nitrogens with one attached hydrogen (secondary N) is 3. The number of amides is 1. The van der Waals surface area contributed by atoms with Crippen molar-refractivity contribution in [3.05, 3.63) is 21.6 Å². The third-order valence-electron chi connectivity index (χ3n) is 4.25. The van der Waals surface area contributed by atoms with E-state index < -0.39 is 5.60 Å². The minimum Gasteiger partial charge on any atom is -0.377 e. The van der Waals surface area contributed by atoms with Crippen molar-refractivity contribution in [2.45, 2.75) is 18.9 Å². The Bertz CT molecular complexity index is 586. The van der Waals surface area contributed by atoms with Crippen LogP contribution >= 0.6 is 0 Å². The van der Waals surface area contributed by atoms with Gasteiger partial charge in [-0.25, -0.2) is 0 Å². The van der Waals surface area contributed by atoms with Crippen LogP contribution in [-0.4, -0.2) is 72.6 Å². The minimum atomic E-state index is -0.482. The number of morpholine rings is 1. The summed E-state index contributed by atoms with van der Waals surface area (Å²) in [5.41, 5.74) is 0.499. The van der Waals surface area contributed by atoms with E-state index in [2.05, 4.69) is 15.5 Å². The number of carbonyl (C=O) groups is 1. The van der Waals surface area contributed by atoms with Crippen molar-refractivity contribution < 1.29 is 14.3 Å². The molecule has 0 aliphatic carbocycles. The standard InChI is InChI=1S/C14H22N4O4/c1-10-11(13(20)17-16-10)6-12(19)18-3-5-22-14(8-18)7-15-2-4-21-9-14/h15H,2-9H2,1H3,(H2,16,17,20)/t14-/m0/s1. The maximum atomic E-state index is 12.5. The zero-order valence-corrected chi connectivity index (χ0v) is 12.7. The number of aromatic amines is 2. The first-order valence-electron chi connectivity index (χ1n) is 7.56. The Balaban J connectivity index is 1.69. The first-order chi connectivity index (χ1) is 10.6. The van der Waals surface area contributed by atoms with Crippen molar-refractivity contribution in [1.82, 2.24) is 20.4 Å². The summed E-state index contributed by atoms with van der Waals surface area (Å²) in [7, 11) is 0. The molecule has 2 aliphatic heterocycles. The third-order valence-corrected chi connectivity index (χ3v) is 4.25. The molecule has 1 atom stereocenters. The van der Waals surface area contributed by atoms with Gasteiger partial charge in [0.15, 0.2) is 0 Å². The molecule has 8 nitrogen and oxygen atoms in total. The molecule has 0 aromatic carbocycles. The van der Waals surface area contributed by atoms with Crippen LogP contribution in [-0.2, 0) is 20.7 Å². The molecule has 122 valence electrons. The van der Waals surface area contributed by atoms with E-state index in [-0.39, 0.29) is 17.9 Å². The number of hydrogen-bond acceptors (Lipinski definition) is 5. The Morgan fingerprint density at radius 2 is 2.23 bits per heavy atom. The van der Waals surface area contributed by atoms with Gasteiger partial charge in [-0.05, 0) is 6.92 Å². The van der Waals surface area contributed by atoms with Crippen LogP contribution in [0.5, 0.6) is 0 Å². The number of aromatic nitrogens is 2. The molecule has 3 heterocycles. The summed E-state index contributed by atoms with van der Waals surface area (Å²) in [6.07, 6.45) is 0.106. The van der Waals surface area contributed by atoms with Crippen molar-refractivity contribution in [3.63, 3.8) is 0 Å². The molecular formula is C14H22N4O4. The molecule has 1 spiro atoms. The predicted molar refractivity (Wildman–Crippen MR) is 78.8 cm³/mol. The van der Waals surface area contributed by atoms with Crippen molar-refractivity contribution in [1.29, 1.82) is 0 Å². The number of H-pyrrole nitrogens is 2. The van der Waals surface area contributed by atoms with Gasteiger partial charge in [0.05, 0.1) is 32.8 Å². The quantitative estimate of drug-likeness (QED) is 0.635. The average Bonchev–Trinajstić information content (AvgIpc) is 2.71. The van der Waals surface area contributed by atoms with E-state index in [1.165, 1.54) is 0 Å². The number of ether oxygens (including phenoxy) is 2. The van der Waals surface area contributed by atoms with Crippen LogP contribution in [0.15, 0.2) is 4.79 Å². The first kappa shape index (κ1) is 15.3. The van der Waals surface area contributed by atoms with Crippen LogP contribution in [0.2, 0.25) is 0 Å². The van der Waals surface area contributed by atoms with E-state index in [9.17, 15) is 9.59 Å². The van der Waals surface area contributed by atoms with Crippen molar-refractivity contribution in [3.8, 4) is 0 Å². The normalized spacial score (nSPS) is 26.1. The van der Waals surface area contributed by atoms with E-state index in [0.29, 0.717) is 50.7 Å². The largest absolute Gasteiger partial charge is 0.377 e. The number of carbonyl (C=O) groups excluding carboxylic acids is 1. The summed E-state index contributed by atoms with van der Waals surface area (Å²) >= 11 is 0. The molecule has 8 heteroatoms. The van der Waals surface area contributed by atoms with Gasteiger partial charge < -0.3 is 24.8 Å². The van der Waals surface area contributed by atoms with Crippen LogP contribution < -0.4 is 10.9 Å². The SMILES string of the molecule is Cc1[nH][nH]c(=O)c1CC(=O)N1CCO[C@@]2(CNCCOC2)C1. The molecule has 1 amide bonds. The molecule has 2 aliphatic rings. The van der Waals surface area contributed by atoms with Crippen LogP contribution in [0.25, 0.3) is 0 Å². The summed E-state index contributed by atoms with van der Waals surface area (Å²) < 4.78 is 11.5. The monoisotopic (exact) mass is 310 g/mol. The van der Waals surface area contributed by atoms with Crippen molar-refractivity contribution in [2.24, 2.45) is 0 Å². The summed E-state index contributed by atoms with van der Waals surface area (Å²) in [5.74, 6) is -0.0554. The van der Waals surface area contributed by atoms with Crippen LogP contribution in [0.3, 0.4) is 0 Å². The number of aryl methyl sites for hydroxylation is 1. The summed E-state index contributed by atoms with van der Waals surface area (Å²) in [6, 6.07) is 0. The lowest BCUT2D eigenvalue weighted by atomic mass is 10.0. The molecule has 0 bridgehead atoms. The highest BCUT2D eigenvalue weighted by Crippen LogP contribution is 2.20. The van der Waals surface area contributed by atoms with Gasteiger partial charge in [-0.15, -0.1) is 0 Å². The van der Waals surface area contributed by atoms with Gasteiger partial charge in [0.2, 0.25) is 5.91 Å². The lowest BCUT2D eigenvalue weighted by molar-refractivity contribution is -0.157. The van der Waals surface area contributed by atoms with Crippen LogP contribution in [0, 0.1) is 6.92 Å². The third kappa shape index (κ3) is 3.08. The van der Waals surface area contributed by atoms with E-state index in [0.717, 1.165) is 6.54 Å². The van der Waals surface area contributed by atoms with Gasteiger partial charge >= 0.3 is 0 Å². The predicted octanol–water partition coefficient (Wildman–Crippen LogP) is -1.23. The molecule has 2 saturated heterocycles. The van der Waals surface area contributed by atoms with Gasteiger partial charge in [0.1, 0.15) is 5.60 Å². The van der Waals surface area contributed by atoms with E-state index in [1.807, 2.05) is 0 Å². The van der Waals surface area contributed by atoms with Crippen LogP contribution in [0.4, 0.5) is 0 Å². The Labute approximate surface area is 128 Å². The van der Waals surface area contributed by atoms with Crippen molar-refractivity contribution >= 4 is 5.91 Å². The Morgan fingerprint density at radius 1 is 1.36 bits per heavy atom. The van der Waals surface area contributed by atoms with Crippen LogP contribution in [0.1, 0.15) is 11.3 Å². The lowest BCUT2D eigenvalue weighted by Gasteiger charge is -2.41. The lowest BCUT2D eigenvalue weighted by Crippen LogP contribution is -2.59. The highest BCUT2D eigenvalue weighted by Gasteiger charge is 2.39. The smallest absolute Gasteiger partial charge is 0.267 e. The van der Waals surface area contributed by atoms with Gasteiger partial charge in [0.25, 0.3) is 5.56 Å². The summed E-state index contributed by atoms with van der Waals surface area (Å²) in [6.45, 7) is 5.88. The topological polar surface area (TPSA) is 99.5 Å². The molecule has 0 radical (unpaired) electrons. The molecule has 1 aromatic heterocycles. The second-order valence-electron chi connectivity index (χ2n) is 5.94. The van der Waals surface area contributed by atoms with Crippen molar-refractivity contribution in [2.75, 3.05) is 46.0 Å². The number of nitrogens with zero attached hydrogens (tertiary/aromatic N) is 1. The molecular weight excluding hydrogens is 288 g/mol. The van der Waals surface area contributed by atoms with E-state index in [1.54, 1.807) is 11.8 Å². The molecule has 3 rings (SSSR count). The molecule has 1 aromatic rings. The fraction of sp³-hybridized carbons (Fsp3) is 0.714. The molecule has 0 unspecified atom stereocenters. The maximum Gasteiger partial charge on any atom is 0.267 e. The highest BCUT2D eigenvalue weighted by atomic mass is 16.5. The molecule has 22 heavy (non-hydrogen) atoms. The summed E-state index contributed by atoms with van der Waals surface area (Å²) in [5, 5.41) is 8.53. The zero-order chi connectivity index (χ0) is 15.6. The Hall–Kier alpha value is -1.64. The minimum absolute atomic E-state index is 0.0554. The van der Waals surface area contributed by atoms with Gasteiger partial charge in [0, 0.05) is 30.9 Å². The van der Waals surface area contributed by atoms with Gasteiger partial charge in [-0.2, -0.15) is 0 Å². The fourth-order valence-electron chi connectivity index (χ4n) is 2.97. The zero-order valence-electron chi connectivity index (χ0n) is 12.7. The van der Waals surface area contributed by atoms with Gasteiger partial charge in [-0.1, -0.05) is 0 Å². The average molecular weight is 310 g/mol. The number of rotatable bonds is 2. The molecule has 3 N–H and O–H groups in total. The Kier molecular flexibility index (Phi) is 4.32. The highest BCUT2D eigenvalue weighted by molar-refractivity contribution is 5.79. The second kappa shape index (κ2) is 6.23. The molecule has 2 fully saturated rings. The Morgan fingerprint density at radius 3 is 3.00 bits per heavy atom. The molecule has 0 saturated carbocycles. The van der Waals surface area contributed by atoms with E-state index >= 15 is 0 Å². The summed E-state index contributed by atoms with van der Waals surface area (Å²) in [4.78, 5) is 26.0.